The number of rotatable bonds is 1. The van der Waals surface area contributed by atoms with E-state index < -0.39 is 0 Å². The number of nitrogens with two attached hydrogens (primary N) is 1. The average Bonchev–Trinajstić information content (AvgIpc) is 2.69. The van der Waals surface area contributed by atoms with Crippen LogP contribution in [0.4, 0.5) is 5.82 Å². The van der Waals surface area contributed by atoms with Crippen molar-refractivity contribution in [1.82, 2.24) is 9.38 Å². The second-order valence-electron chi connectivity index (χ2n) is 5.40. The molecule has 3 rings (SSSR count). The minimum absolute atomic E-state index is 0.528. The number of hydrogen-bond donors (Lipinski definition) is 1. The zero-order chi connectivity index (χ0) is 12.7. The van der Waals surface area contributed by atoms with E-state index in [1.165, 1.54) is 25.7 Å². The lowest BCUT2D eigenvalue weighted by atomic mass is 9.81. The van der Waals surface area contributed by atoms with Crippen LogP contribution in [-0.2, 0) is 0 Å². The van der Waals surface area contributed by atoms with E-state index in [1.807, 2.05) is 22.7 Å². The predicted molar refractivity (Wildman–Crippen MR) is 77.7 cm³/mol. The molecule has 0 amide bonds. The van der Waals surface area contributed by atoms with Crippen molar-refractivity contribution >= 4 is 27.4 Å². The molecule has 2 atom stereocenters. The molecule has 0 aliphatic heterocycles. The standard InChI is InChI=1S/C14H18BrN3/c1-9-4-2-5-10(8-9)12-13(16)18-7-3-6-11(15)14(18)17-12/h3,6-7,9-10H,2,4-5,8,16H2,1H3. The molecule has 3 nitrogen and oxygen atoms in total. The lowest BCUT2D eigenvalue weighted by Crippen LogP contribution is -2.13. The second-order valence-corrected chi connectivity index (χ2v) is 6.26. The van der Waals surface area contributed by atoms with Gasteiger partial charge in [-0.25, -0.2) is 4.98 Å². The zero-order valence-corrected chi connectivity index (χ0v) is 12.2. The average molecular weight is 308 g/mol. The Bertz CT molecular complexity index is 576. The Morgan fingerprint density at radius 2 is 2.28 bits per heavy atom. The van der Waals surface area contributed by atoms with Crippen molar-refractivity contribution in [3.05, 3.63) is 28.5 Å². The number of pyridine rings is 1. The number of anilines is 1. The van der Waals surface area contributed by atoms with Gasteiger partial charge in [-0.3, -0.25) is 4.40 Å². The van der Waals surface area contributed by atoms with Crippen LogP contribution in [-0.4, -0.2) is 9.38 Å². The fraction of sp³-hybridized carbons (Fsp3) is 0.500. The van der Waals surface area contributed by atoms with Crippen LogP contribution in [0.5, 0.6) is 0 Å². The van der Waals surface area contributed by atoms with Gasteiger partial charge < -0.3 is 5.73 Å². The number of hydrogen-bond acceptors (Lipinski definition) is 2. The van der Waals surface area contributed by atoms with E-state index in [1.54, 1.807) is 0 Å². The molecule has 1 saturated carbocycles. The summed E-state index contributed by atoms with van der Waals surface area (Å²) in [7, 11) is 0. The Morgan fingerprint density at radius 3 is 3.00 bits per heavy atom. The number of aromatic nitrogens is 2. The van der Waals surface area contributed by atoms with Gasteiger partial charge in [0.15, 0.2) is 5.65 Å². The van der Waals surface area contributed by atoms with Crippen LogP contribution in [0.1, 0.15) is 44.2 Å². The summed E-state index contributed by atoms with van der Waals surface area (Å²) in [5.41, 5.74) is 8.29. The monoisotopic (exact) mass is 307 g/mol. The molecule has 0 spiro atoms. The van der Waals surface area contributed by atoms with E-state index in [9.17, 15) is 0 Å². The van der Waals surface area contributed by atoms with Crippen LogP contribution in [0, 0.1) is 5.92 Å². The minimum atomic E-state index is 0.528. The number of fused-ring (bicyclic) bond motifs is 1. The maximum atomic E-state index is 6.26. The summed E-state index contributed by atoms with van der Waals surface area (Å²) in [4.78, 5) is 4.76. The number of nitrogen functional groups attached to an aromatic ring is 1. The quantitative estimate of drug-likeness (QED) is 0.866. The van der Waals surface area contributed by atoms with Crippen molar-refractivity contribution in [3.63, 3.8) is 0 Å². The van der Waals surface area contributed by atoms with Crippen molar-refractivity contribution < 1.29 is 0 Å². The van der Waals surface area contributed by atoms with Crippen molar-refractivity contribution in [2.24, 2.45) is 5.92 Å². The maximum absolute atomic E-state index is 6.26. The van der Waals surface area contributed by atoms with Gasteiger partial charge in [0.05, 0.1) is 10.2 Å². The first kappa shape index (κ1) is 12.0. The van der Waals surface area contributed by atoms with Crippen LogP contribution < -0.4 is 5.73 Å². The van der Waals surface area contributed by atoms with Gasteiger partial charge in [0.2, 0.25) is 0 Å². The normalized spacial score (nSPS) is 24.6. The molecule has 4 heteroatoms. The Hall–Kier alpha value is -1.03. The summed E-state index contributed by atoms with van der Waals surface area (Å²) in [5, 5.41) is 0. The van der Waals surface area contributed by atoms with Crippen molar-refractivity contribution in [1.29, 1.82) is 0 Å². The van der Waals surface area contributed by atoms with Crippen LogP contribution >= 0.6 is 15.9 Å². The molecule has 0 radical (unpaired) electrons. The first-order valence-corrected chi connectivity index (χ1v) is 7.38. The summed E-state index contributed by atoms with van der Waals surface area (Å²) in [5.74, 6) is 2.13. The fourth-order valence-electron chi connectivity index (χ4n) is 3.05. The molecule has 1 fully saturated rings. The molecule has 2 unspecified atom stereocenters. The Balaban J connectivity index is 2.06. The molecule has 1 aliphatic rings. The number of nitrogens with zero attached hydrogens (tertiary/aromatic N) is 2. The Labute approximate surface area is 116 Å². The maximum Gasteiger partial charge on any atom is 0.153 e. The molecule has 18 heavy (non-hydrogen) atoms. The molecule has 96 valence electrons. The van der Waals surface area contributed by atoms with E-state index in [2.05, 4.69) is 22.9 Å². The highest BCUT2D eigenvalue weighted by Crippen LogP contribution is 2.38. The molecule has 2 aromatic heterocycles. The number of halogens is 1. The van der Waals surface area contributed by atoms with Gasteiger partial charge >= 0.3 is 0 Å². The zero-order valence-electron chi connectivity index (χ0n) is 10.6. The second kappa shape index (κ2) is 4.57. The molecular formula is C14H18BrN3. The third kappa shape index (κ3) is 1.92. The van der Waals surface area contributed by atoms with Gasteiger partial charge in [-0.1, -0.05) is 19.8 Å². The molecular weight excluding hydrogens is 290 g/mol. The summed E-state index contributed by atoms with van der Waals surface area (Å²) in [6.45, 7) is 2.33. The molecule has 0 saturated heterocycles. The lowest BCUT2D eigenvalue weighted by molar-refractivity contribution is 0.341. The highest BCUT2D eigenvalue weighted by molar-refractivity contribution is 9.10. The lowest BCUT2D eigenvalue weighted by Gasteiger charge is -2.25. The van der Waals surface area contributed by atoms with Crippen LogP contribution in [0.15, 0.2) is 22.8 Å². The van der Waals surface area contributed by atoms with E-state index in [4.69, 9.17) is 10.7 Å². The van der Waals surface area contributed by atoms with Crippen LogP contribution in [0.3, 0.4) is 0 Å². The SMILES string of the molecule is CC1CCCC(c2nc3c(Br)cccn3c2N)C1. The van der Waals surface area contributed by atoms with E-state index >= 15 is 0 Å². The first-order chi connectivity index (χ1) is 8.66. The predicted octanol–water partition coefficient (Wildman–Crippen LogP) is 3.97. The van der Waals surface area contributed by atoms with Gasteiger partial charge in [0.1, 0.15) is 5.82 Å². The molecule has 2 heterocycles. The Morgan fingerprint density at radius 1 is 1.44 bits per heavy atom. The third-order valence-corrected chi connectivity index (χ3v) is 4.61. The largest absolute Gasteiger partial charge is 0.383 e. The molecule has 2 N–H and O–H groups in total. The Kier molecular flexibility index (Phi) is 3.06. The minimum Gasteiger partial charge on any atom is -0.383 e. The van der Waals surface area contributed by atoms with Crippen molar-refractivity contribution in [2.45, 2.75) is 38.5 Å². The van der Waals surface area contributed by atoms with E-state index in [-0.39, 0.29) is 0 Å². The smallest absolute Gasteiger partial charge is 0.153 e. The molecule has 0 aromatic carbocycles. The number of imidazole rings is 1. The van der Waals surface area contributed by atoms with Crippen molar-refractivity contribution in [2.75, 3.05) is 5.73 Å². The van der Waals surface area contributed by atoms with Gasteiger partial charge in [-0.15, -0.1) is 0 Å². The topological polar surface area (TPSA) is 43.3 Å². The van der Waals surface area contributed by atoms with Crippen molar-refractivity contribution in [3.8, 4) is 0 Å². The molecule has 2 aromatic rings. The summed E-state index contributed by atoms with van der Waals surface area (Å²) < 4.78 is 2.99. The third-order valence-electron chi connectivity index (χ3n) is 3.99. The summed E-state index contributed by atoms with van der Waals surface area (Å²) in [6.07, 6.45) is 7.05. The fourth-order valence-corrected chi connectivity index (χ4v) is 3.49. The highest BCUT2D eigenvalue weighted by atomic mass is 79.9. The molecule has 0 bridgehead atoms. The van der Waals surface area contributed by atoms with E-state index in [0.29, 0.717) is 5.92 Å². The van der Waals surface area contributed by atoms with Gasteiger partial charge in [-0.2, -0.15) is 0 Å². The first-order valence-electron chi connectivity index (χ1n) is 6.58. The van der Waals surface area contributed by atoms with Gasteiger partial charge in [-0.05, 0) is 46.8 Å². The highest BCUT2D eigenvalue weighted by Gasteiger charge is 2.25. The summed E-state index contributed by atoms with van der Waals surface area (Å²) in [6, 6.07) is 4.00. The van der Waals surface area contributed by atoms with E-state index in [0.717, 1.165) is 27.5 Å². The van der Waals surface area contributed by atoms with Gasteiger partial charge in [0, 0.05) is 12.1 Å². The van der Waals surface area contributed by atoms with Gasteiger partial charge in [0.25, 0.3) is 0 Å². The van der Waals surface area contributed by atoms with Crippen LogP contribution in [0.2, 0.25) is 0 Å². The summed E-state index contributed by atoms with van der Waals surface area (Å²) >= 11 is 3.54. The molecule has 1 aliphatic carbocycles. The van der Waals surface area contributed by atoms with Crippen LogP contribution in [0.25, 0.3) is 5.65 Å².